The fourth-order valence-corrected chi connectivity index (χ4v) is 8.53. The Balaban J connectivity index is 0.00000757. The fourth-order valence-electron chi connectivity index (χ4n) is 8.53. The Hall–Kier alpha value is -6.55. The molecule has 7 aromatic carbocycles. The first-order valence-electron chi connectivity index (χ1n) is 28.0. The molecule has 0 radical (unpaired) electrons. The van der Waals surface area contributed by atoms with Gasteiger partial charge in [0.25, 0.3) is 6.33 Å². The number of ether oxygens (including phenoxy) is 1. The molecule has 0 spiro atoms. The molecule has 0 saturated heterocycles. The minimum atomic E-state index is -2.80. The van der Waals surface area contributed by atoms with Crippen molar-refractivity contribution in [3.63, 3.8) is 0 Å². The molecule has 65 heavy (non-hydrogen) atoms. The second-order valence-electron chi connectivity index (χ2n) is 17.9. The van der Waals surface area contributed by atoms with Crippen molar-refractivity contribution >= 4 is 32.8 Å². The SMILES string of the molecule is [2H]c1c([2H])c([2H])c(-c2cnc(-n3c4[c-]c(Oc5[c-]c(-n6[c-][n+](-c7c(C(C)(C)C)cccc7C(C)(C)C)c7ccc(-c8c(C([2H])([2H])[2H])cccc8C([2H])([2H])[2H])cc76)ccc5)ccc4c4ccccc43)cc2C([2H])([2H])[2H])c([2H])c1[2H].[Pt]. The minimum Gasteiger partial charge on any atom is -0.510 e. The van der Waals surface area contributed by atoms with Crippen molar-refractivity contribution in [2.75, 3.05) is 0 Å². The maximum absolute atomic E-state index is 8.63. The first kappa shape index (κ1) is 29.8. The van der Waals surface area contributed by atoms with Crippen molar-refractivity contribution < 1.29 is 49.6 Å². The van der Waals surface area contributed by atoms with Crippen LogP contribution in [0, 0.1) is 39.0 Å². The van der Waals surface area contributed by atoms with E-state index in [0.29, 0.717) is 33.3 Å². The zero-order valence-electron chi connectivity index (χ0n) is 50.6. The summed E-state index contributed by atoms with van der Waals surface area (Å²) >= 11 is 0. The molecule has 10 rings (SSSR count). The Morgan fingerprint density at radius 3 is 2.06 bits per heavy atom. The molecule has 0 atom stereocenters. The average molecular weight is 1040 g/mol. The molecular formula is C59H52N4OPt-2. The number of fused-ring (bicyclic) bond motifs is 4. The average Bonchev–Trinajstić information content (AvgIpc) is 4.12. The van der Waals surface area contributed by atoms with Crippen molar-refractivity contribution in [2.24, 2.45) is 0 Å². The van der Waals surface area contributed by atoms with Crippen molar-refractivity contribution in [2.45, 2.75) is 72.9 Å². The maximum Gasteiger partial charge on any atom is 0.268 e. The molecule has 0 saturated carbocycles. The standard InChI is InChI=1S/C59H52N4O.Pt/c1-38-18-15-19-39(2)56(38)42-28-31-52-54(33-42)61(37-62(52)57-49(58(4,5)6)25-17-26-50(57)59(7,8)9)43-22-16-23-44(34-43)64-45-29-30-47-46-24-13-14-27-51(46)63(53(47)35-45)55-32-40(3)48(36-60-55)41-20-11-10-12-21-41;/h10-33,36H,1-9H3;/q-2;/i1D3,2D3,3D3,10D,11D,12D,20D,21D;. The topological polar surface area (TPSA) is 35.9 Å². The van der Waals surface area contributed by atoms with Gasteiger partial charge in [-0.25, -0.2) is 4.98 Å². The molecule has 3 heterocycles. The van der Waals surface area contributed by atoms with E-state index in [-0.39, 0.29) is 82.6 Å². The van der Waals surface area contributed by atoms with E-state index in [0.717, 1.165) is 27.6 Å². The van der Waals surface area contributed by atoms with Gasteiger partial charge in [-0.2, -0.15) is 18.2 Å². The van der Waals surface area contributed by atoms with Gasteiger partial charge in [-0.05, 0) is 105 Å². The molecule has 0 N–H and O–H groups in total. The van der Waals surface area contributed by atoms with Gasteiger partial charge in [-0.3, -0.25) is 4.57 Å². The summed E-state index contributed by atoms with van der Waals surface area (Å²) in [7, 11) is 0. The van der Waals surface area contributed by atoms with E-state index in [2.05, 4.69) is 83.2 Å². The quantitative estimate of drug-likeness (QED) is 0.118. The van der Waals surface area contributed by atoms with Crippen LogP contribution in [0.4, 0.5) is 0 Å². The van der Waals surface area contributed by atoms with E-state index in [1.807, 2.05) is 47.0 Å². The fraction of sp³-hybridized carbons (Fsp3) is 0.186. The molecule has 5 nitrogen and oxygen atoms in total. The molecule has 0 bridgehead atoms. The Bertz CT molecular complexity index is 3970. The molecule has 326 valence electrons. The van der Waals surface area contributed by atoms with Gasteiger partial charge >= 0.3 is 0 Å². The number of imidazole rings is 1. The zero-order valence-corrected chi connectivity index (χ0v) is 38.8. The van der Waals surface area contributed by atoms with Crippen molar-refractivity contribution in [1.82, 2.24) is 14.1 Å². The summed E-state index contributed by atoms with van der Waals surface area (Å²) in [6.45, 7) is 4.81. The summed E-state index contributed by atoms with van der Waals surface area (Å²) in [5, 5.41) is 1.54. The van der Waals surface area contributed by atoms with Gasteiger partial charge in [-0.15, -0.1) is 29.7 Å². The van der Waals surface area contributed by atoms with Crippen LogP contribution in [0.5, 0.6) is 11.5 Å². The third kappa shape index (κ3) is 7.91. The number of hydrogen-bond acceptors (Lipinski definition) is 2. The van der Waals surface area contributed by atoms with E-state index in [1.54, 1.807) is 39.5 Å². The molecule has 0 aliphatic rings. The number of pyridine rings is 1. The molecular weight excluding hydrogens is 976 g/mol. The van der Waals surface area contributed by atoms with Crippen molar-refractivity contribution in [3.05, 3.63) is 198 Å². The van der Waals surface area contributed by atoms with Crippen LogP contribution in [0.1, 0.15) is 88.6 Å². The number of hydrogen-bond donors (Lipinski definition) is 0. The molecule has 0 amide bonds. The predicted octanol–water partition coefficient (Wildman–Crippen LogP) is 14.4. The second kappa shape index (κ2) is 16.8. The molecule has 6 heteroatoms. The molecule has 0 aliphatic heterocycles. The van der Waals surface area contributed by atoms with Gasteiger partial charge in [0.05, 0.1) is 23.6 Å². The number of nitrogens with zero attached hydrogens (tertiary/aromatic N) is 4. The van der Waals surface area contributed by atoms with Crippen LogP contribution in [0.3, 0.4) is 0 Å². The second-order valence-corrected chi connectivity index (χ2v) is 17.9. The molecule has 10 aromatic rings. The van der Waals surface area contributed by atoms with Gasteiger partial charge in [0.1, 0.15) is 5.82 Å². The normalized spacial score (nSPS) is 15.7. The Morgan fingerprint density at radius 2 is 1.34 bits per heavy atom. The van der Waals surface area contributed by atoms with Gasteiger partial charge in [0.2, 0.25) is 0 Å². The van der Waals surface area contributed by atoms with Crippen LogP contribution in [0.15, 0.2) is 152 Å². The van der Waals surface area contributed by atoms with Crippen molar-refractivity contribution in [3.8, 4) is 50.9 Å². The summed E-state index contributed by atoms with van der Waals surface area (Å²) < 4.78 is 131. The van der Waals surface area contributed by atoms with Crippen LogP contribution in [-0.4, -0.2) is 14.1 Å². The van der Waals surface area contributed by atoms with E-state index in [1.165, 1.54) is 30.5 Å². The van der Waals surface area contributed by atoms with E-state index >= 15 is 0 Å². The number of aryl methyl sites for hydroxylation is 3. The maximum atomic E-state index is 8.63. The van der Waals surface area contributed by atoms with Gasteiger partial charge in [0, 0.05) is 62.2 Å². The summed E-state index contributed by atoms with van der Waals surface area (Å²) in [5.41, 5.74) is 4.88. The monoisotopic (exact) mass is 1040 g/mol. The molecule has 3 aromatic heterocycles. The Kier molecular flexibility index (Phi) is 7.69. The summed E-state index contributed by atoms with van der Waals surface area (Å²) in [4.78, 5) is 4.69. The van der Waals surface area contributed by atoms with Crippen LogP contribution in [-0.2, 0) is 31.9 Å². The number of aromatic nitrogens is 4. The predicted molar refractivity (Wildman–Crippen MR) is 262 cm³/mol. The third-order valence-corrected chi connectivity index (χ3v) is 11.5. The van der Waals surface area contributed by atoms with Gasteiger partial charge < -0.3 is 13.9 Å². The Labute approximate surface area is 416 Å². The largest absolute Gasteiger partial charge is 0.510 e. The molecule has 0 aliphatic carbocycles. The smallest absolute Gasteiger partial charge is 0.268 e. The third-order valence-electron chi connectivity index (χ3n) is 11.5. The summed E-state index contributed by atoms with van der Waals surface area (Å²) in [6, 6.07) is 37.7. The first-order chi connectivity index (χ1) is 36.4. The summed E-state index contributed by atoms with van der Waals surface area (Å²) in [5.74, 6) is 0.707. The number of rotatable bonds is 7. The van der Waals surface area contributed by atoms with Crippen LogP contribution >= 0.6 is 0 Å². The molecule has 0 unspecified atom stereocenters. The van der Waals surface area contributed by atoms with Gasteiger partial charge in [0.15, 0.2) is 0 Å². The zero-order chi connectivity index (χ0) is 56.3. The number of benzene rings is 7. The molecule has 0 fully saturated rings. The number of para-hydroxylation sites is 2. The Morgan fingerprint density at radius 1 is 0.646 bits per heavy atom. The van der Waals surface area contributed by atoms with Crippen molar-refractivity contribution in [1.29, 1.82) is 0 Å². The van der Waals surface area contributed by atoms with E-state index in [4.69, 9.17) is 23.9 Å². The van der Waals surface area contributed by atoms with Crippen LogP contribution < -0.4 is 9.30 Å². The van der Waals surface area contributed by atoms with E-state index < -0.39 is 50.8 Å². The summed E-state index contributed by atoms with van der Waals surface area (Å²) in [6.07, 6.45) is 4.86. The first-order valence-corrected chi connectivity index (χ1v) is 21.0. The minimum absolute atomic E-state index is 0. The van der Waals surface area contributed by atoms with Crippen LogP contribution in [0.2, 0.25) is 0 Å². The van der Waals surface area contributed by atoms with Gasteiger partial charge in [-0.1, -0.05) is 144 Å². The van der Waals surface area contributed by atoms with Crippen LogP contribution in [0.25, 0.3) is 72.3 Å². The van der Waals surface area contributed by atoms with E-state index in [9.17, 15) is 0 Å².